The SMILES string of the molecule is Cc1ccccc1-c1cccc(-c2cccc(N(c3cccc(C(C)C)c3)c3cc(C4CCCCC4)c4ccc5c(N(c6cccc(C(C)C)c6)c6cccc7c6oc6c(-c8ccccc8C)cccc67)cc(C6CCCCC6)c6ccc3c4c65)c2O)c1. The summed E-state index contributed by atoms with van der Waals surface area (Å²) in [4.78, 5) is 4.97. The van der Waals surface area contributed by atoms with Crippen LogP contribution in [0.3, 0.4) is 0 Å². The molecule has 1 N–H and O–H groups in total. The lowest BCUT2D eigenvalue weighted by Crippen LogP contribution is -2.15. The van der Waals surface area contributed by atoms with Gasteiger partial charge in [-0.25, -0.2) is 0 Å². The molecule has 0 atom stereocenters. The molecule has 13 aromatic rings. The molecule has 12 aromatic carbocycles. The number of furan rings is 1. The van der Waals surface area contributed by atoms with Gasteiger partial charge < -0.3 is 19.3 Å². The molecule has 0 radical (unpaired) electrons. The van der Waals surface area contributed by atoms with Crippen molar-refractivity contribution < 1.29 is 9.52 Å². The number of anilines is 6. The van der Waals surface area contributed by atoms with Gasteiger partial charge in [0.1, 0.15) is 11.3 Å². The first-order valence-corrected chi connectivity index (χ1v) is 32.6. The average molecular weight is 1150 g/mol. The molecule has 436 valence electrons. The summed E-state index contributed by atoms with van der Waals surface area (Å²) in [6, 6.07) is 79.1. The standard InChI is InChI=1S/C84H78N2O2/c1-52(2)58-29-18-33-62(48-58)85(76-41-21-37-66(82(76)87)61-32-17-31-60(47-61)64-35-15-13-23-54(64)5)78-50-74(56-25-9-7-10-26-56)67-44-46-73-79(51-75(57-27-11-8-12-28-57)68-43-45-72(78)80(67)81(68)73)86(63-34-19-30-59(49-63)53(3)4)77-42-22-40-71-70-39-20-38-69(83(70)88-84(71)77)65-36-16-14-24-55(65)6/h13-24,29-53,56-57,87H,7-12,25-28H2,1-6H3. The first kappa shape index (κ1) is 55.5. The van der Waals surface area contributed by atoms with Gasteiger partial charge >= 0.3 is 0 Å². The Balaban J connectivity index is 1.03. The van der Waals surface area contributed by atoms with Crippen molar-refractivity contribution in [3.63, 3.8) is 0 Å². The van der Waals surface area contributed by atoms with Crippen LogP contribution < -0.4 is 9.80 Å². The smallest absolute Gasteiger partial charge is 0.159 e. The van der Waals surface area contributed by atoms with Crippen LogP contribution in [0, 0.1) is 13.8 Å². The van der Waals surface area contributed by atoms with Crippen LogP contribution in [0.4, 0.5) is 34.1 Å². The van der Waals surface area contributed by atoms with E-state index in [0.717, 1.165) is 98.3 Å². The topological polar surface area (TPSA) is 39.9 Å². The fourth-order valence-corrected chi connectivity index (χ4v) is 15.5. The minimum Gasteiger partial charge on any atom is -0.505 e. The summed E-state index contributed by atoms with van der Waals surface area (Å²) in [7, 11) is 0. The highest BCUT2D eigenvalue weighted by Crippen LogP contribution is 2.56. The Labute approximate surface area is 519 Å². The Morgan fingerprint density at radius 1 is 0.364 bits per heavy atom. The quantitative estimate of drug-likeness (QED) is 0.117. The van der Waals surface area contributed by atoms with Crippen LogP contribution in [0.2, 0.25) is 0 Å². The maximum atomic E-state index is 13.3. The van der Waals surface area contributed by atoms with Gasteiger partial charge in [0, 0.05) is 44.0 Å². The van der Waals surface area contributed by atoms with Gasteiger partial charge in [0.2, 0.25) is 0 Å². The van der Waals surface area contributed by atoms with Crippen molar-refractivity contribution >= 4 is 88.4 Å². The third-order valence-electron chi connectivity index (χ3n) is 20.1. The molecule has 88 heavy (non-hydrogen) atoms. The predicted octanol–water partition coefficient (Wildman–Crippen LogP) is 25.1. The largest absolute Gasteiger partial charge is 0.505 e. The van der Waals surface area contributed by atoms with Crippen molar-refractivity contribution in [2.45, 2.75) is 129 Å². The van der Waals surface area contributed by atoms with Crippen LogP contribution in [0.5, 0.6) is 5.75 Å². The van der Waals surface area contributed by atoms with E-state index in [2.05, 4.69) is 264 Å². The summed E-state index contributed by atoms with van der Waals surface area (Å²) < 4.78 is 7.44. The van der Waals surface area contributed by atoms with Crippen molar-refractivity contribution in [1.82, 2.24) is 0 Å². The van der Waals surface area contributed by atoms with Crippen molar-refractivity contribution in [3.05, 3.63) is 246 Å². The summed E-state index contributed by atoms with van der Waals surface area (Å²) in [5.74, 6) is 1.66. The molecule has 2 aliphatic rings. The maximum absolute atomic E-state index is 13.3. The molecule has 0 amide bonds. The summed E-state index contributed by atoms with van der Waals surface area (Å²) in [6.07, 6.45) is 12.0. The molecule has 0 spiro atoms. The second kappa shape index (κ2) is 22.9. The van der Waals surface area contributed by atoms with Crippen LogP contribution >= 0.6 is 0 Å². The molecule has 4 nitrogen and oxygen atoms in total. The highest BCUT2D eigenvalue weighted by atomic mass is 16.3. The lowest BCUT2D eigenvalue weighted by molar-refractivity contribution is 0.445. The summed E-state index contributed by atoms with van der Waals surface area (Å²) >= 11 is 0. The van der Waals surface area contributed by atoms with Crippen LogP contribution in [-0.4, -0.2) is 5.11 Å². The van der Waals surface area contributed by atoms with Gasteiger partial charge in [-0.15, -0.1) is 0 Å². The minimum absolute atomic E-state index is 0.260. The number of para-hydroxylation sites is 3. The van der Waals surface area contributed by atoms with Crippen molar-refractivity contribution in [2.24, 2.45) is 0 Å². The Morgan fingerprint density at radius 2 is 0.807 bits per heavy atom. The first-order valence-electron chi connectivity index (χ1n) is 32.6. The molecule has 1 heterocycles. The third-order valence-corrected chi connectivity index (χ3v) is 20.1. The van der Waals surface area contributed by atoms with Crippen LogP contribution in [0.1, 0.15) is 149 Å². The van der Waals surface area contributed by atoms with Crippen LogP contribution in [0.25, 0.3) is 87.6 Å². The zero-order chi connectivity index (χ0) is 59.7. The summed E-state index contributed by atoms with van der Waals surface area (Å²) in [6.45, 7) is 13.5. The normalized spacial score (nSPS) is 14.4. The van der Waals surface area contributed by atoms with E-state index in [1.165, 1.54) is 121 Å². The van der Waals surface area contributed by atoms with Gasteiger partial charge in [0.05, 0.1) is 22.7 Å². The van der Waals surface area contributed by atoms with Gasteiger partial charge in [-0.2, -0.15) is 0 Å². The second-order valence-corrected chi connectivity index (χ2v) is 26.2. The molecule has 1 aromatic heterocycles. The lowest BCUT2D eigenvalue weighted by atomic mass is 9.77. The van der Waals surface area contributed by atoms with Crippen LogP contribution in [-0.2, 0) is 0 Å². The molecule has 4 heteroatoms. The maximum Gasteiger partial charge on any atom is 0.159 e. The number of hydrogen-bond acceptors (Lipinski definition) is 4. The van der Waals surface area contributed by atoms with E-state index in [1.54, 1.807) is 0 Å². The molecule has 0 unspecified atom stereocenters. The van der Waals surface area contributed by atoms with E-state index in [-0.39, 0.29) is 5.75 Å². The molecule has 0 bridgehead atoms. The third kappa shape index (κ3) is 9.59. The number of aryl methyl sites for hydroxylation is 2. The number of phenolic OH excluding ortho intramolecular Hbond substituents is 1. The zero-order valence-corrected chi connectivity index (χ0v) is 51.8. The predicted molar refractivity (Wildman–Crippen MR) is 374 cm³/mol. The zero-order valence-electron chi connectivity index (χ0n) is 51.8. The molecular formula is C84H78N2O2. The second-order valence-electron chi connectivity index (χ2n) is 26.2. The number of phenols is 1. The van der Waals surface area contributed by atoms with E-state index in [1.807, 2.05) is 0 Å². The molecule has 2 aliphatic carbocycles. The molecule has 15 rings (SSSR count). The number of nitrogens with zero attached hydrogens (tertiary/aromatic N) is 2. The van der Waals surface area contributed by atoms with Gasteiger partial charge in [0.15, 0.2) is 5.58 Å². The Bertz CT molecular complexity index is 4780. The van der Waals surface area contributed by atoms with E-state index >= 15 is 0 Å². The highest BCUT2D eigenvalue weighted by molar-refractivity contribution is 6.30. The number of aromatic hydroxyl groups is 1. The molecule has 2 fully saturated rings. The van der Waals surface area contributed by atoms with E-state index in [9.17, 15) is 5.11 Å². The number of fused-ring (bicyclic) bond motifs is 3. The Hall–Kier alpha value is -9.12. The number of benzene rings is 12. The molecule has 2 saturated carbocycles. The fourth-order valence-electron chi connectivity index (χ4n) is 15.5. The van der Waals surface area contributed by atoms with Gasteiger partial charge in [0.25, 0.3) is 0 Å². The number of hydrogen-bond donors (Lipinski definition) is 1. The van der Waals surface area contributed by atoms with Crippen molar-refractivity contribution in [1.29, 1.82) is 0 Å². The van der Waals surface area contributed by atoms with Crippen molar-refractivity contribution in [2.75, 3.05) is 9.80 Å². The van der Waals surface area contributed by atoms with Gasteiger partial charge in [-0.1, -0.05) is 224 Å². The minimum atomic E-state index is 0.260. The monoisotopic (exact) mass is 1150 g/mol. The van der Waals surface area contributed by atoms with Crippen LogP contribution in [0.15, 0.2) is 217 Å². The highest BCUT2D eigenvalue weighted by Gasteiger charge is 2.32. The molecule has 0 aliphatic heterocycles. The Morgan fingerprint density at radius 3 is 1.38 bits per heavy atom. The average Bonchev–Trinajstić information content (AvgIpc) is 0.747. The Kier molecular flexibility index (Phi) is 14.4. The number of rotatable bonds is 13. The fraction of sp³-hybridized carbons (Fsp3) is 0.238. The van der Waals surface area contributed by atoms with Crippen molar-refractivity contribution in [3.8, 4) is 39.1 Å². The molecular weight excluding hydrogens is 1070 g/mol. The summed E-state index contributed by atoms with van der Waals surface area (Å²) in [5, 5.41) is 23.2. The van der Waals surface area contributed by atoms with E-state index in [0.29, 0.717) is 23.7 Å². The molecule has 0 saturated heterocycles. The van der Waals surface area contributed by atoms with Gasteiger partial charge in [-0.3, -0.25) is 0 Å². The first-order chi connectivity index (χ1) is 43.1. The van der Waals surface area contributed by atoms with E-state index in [4.69, 9.17) is 4.42 Å². The van der Waals surface area contributed by atoms with Gasteiger partial charge in [-0.05, 0) is 195 Å². The van der Waals surface area contributed by atoms with E-state index < -0.39 is 0 Å². The summed E-state index contributed by atoms with van der Waals surface area (Å²) in [5.41, 5.74) is 22.2. The lowest BCUT2D eigenvalue weighted by Gasteiger charge is -2.34.